The lowest BCUT2D eigenvalue weighted by Gasteiger charge is -2.20. The van der Waals surface area contributed by atoms with Gasteiger partial charge in [0.25, 0.3) is 5.91 Å². The molecule has 6 heteroatoms. The molecule has 1 aliphatic carbocycles. The minimum Gasteiger partial charge on any atom is -0.507 e. The lowest BCUT2D eigenvalue weighted by molar-refractivity contribution is 0.0748. The average molecular weight is 490 g/mol. The monoisotopic (exact) mass is 489 g/mol. The second kappa shape index (κ2) is 11.3. The molecule has 0 atom stereocenters. The molecule has 1 aliphatic heterocycles. The van der Waals surface area contributed by atoms with Gasteiger partial charge in [-0.2, -0.15) is 0 Å². The molecule has 2 aromatic carbocycles. The number of allylic oxidation sites excluding steroid dienone is 1. The fraction of sp³-hybridized carbons (Fsp3) is 0.467. The molecule has 0 radical (unpaired) electrons. The summed E-state index contributed by atoms with van der Waals surface area (Å²) in [6, 6.07) is 9.53. The molecule has 1 N–H and O–H groups in total. The Morgan fingerprint density at radius 1 is 1.14 bits per heavy atom. The standard InChI is InChI=1S/C30H39N3O3/c1-20-15-28(34)27(17-26(20)29(31-3)21(2)22-9-6-7-10-22)30(35)33-18-23-11-12-25(16-24(23)19-33)36-14-8-13-32(4)5/h11-12,15-17,22,34H,2,6-10,13-14,18-19H2,1,3-5H3. The number of carbonyl (C=O) groups excluding carboxylic acids is 1. The highest BCUT2D eigenvalue weighted by molar-refractivity contribution is 6.14. The number of phenols is 1. The van der Waals surface area contributed by atoms with Crippen molar-refractivity contribution in [2.45, 2.75) is 52.1 Å². The van der Waals surface area contributed by atoms with E-state index in [1.54, 1.807) is 24.1 Å². The highest BCUT2D eigenvalue weighted by Gasteiger charge is 2.29. The van der Waals surface area contributed by atoms with Gasteiger partial charge in [-0.25, -0.2) is 0 Å². The zero-order chi connectivity index (χ0) is 25.8. The molecule has 1 fully saturated rings. The van der Waals surface area contributed by atoms with E-state index in [-0.39, 0.29) is 11.7 Å². The number of carbonyl (C=O) groups is 1. The van der Waals surface area contributed by atoms with Gasteiger partial charge in [0, 0.05) is 32.2 Å². The highest BCUT2D eigenvalue weighted by Crippen LogP contribution is 2.35. The van der Waals surface area contributed by atoms with Gasteiger partial charge in [-0.05, 0) is 92.7 Å². The van der Waals surface area contributed by atoms with Crippen LogP contribution in [-0.4, -0.2) is 60.8 Å². The van der Waals surface area contributed by atoms with Gasteiger partial charge in [-0.3, -0.25) is 9.79 Å². The third-order valence-corrected chi connectivity index (χ3v) is 7.41. The summed E-state index contributed by atoms with van der Waals surface area (Å²) >= 11 is 0. The van der Waals surface area contributed by atoms with Crippen LogP contribution in [0.1, 0.15) is 64.7 Å². The molecule has 0 bridgehead atoms. The summed E-state index contributed by atoms with van der Waals surface area (Å²) in [6.45, 7) is 8.96. The van der Waals surface area contributed by atoms with E-state index >= 15 is 0 Å². The van der Waals surface area contributed by atoms with E-state index < -0.39 is 0 Å². The number of aromatic hydroxyl groups is 1. The molecule has 1 amide bonds. The summed E-state index contributed by atoms with van der Waals surface area (Å²) in [5.74, 6) is 1.09. The van der Waals surface area contributed by atoms with Gasteiger partial charge in [0.1, 0.15) is 11.5 Å². The number of aliphatic imine (C=N–C) groups is 1. The number of amides is 1. The van der Waals surface area contributed by atoms with Gasteiger partial charge in [-0.15, -0.1) is 0 Å². The van der Waals surface area contributed by atoms with E-state index in [4.69, 9.17) is 4.74 Å². The lowest BCUT2D eigenvalue weighted by Crippen LogP contribution is -2.26. The van der Waals surface area contributed by atoms with Gasteiger partial charge < -0.3 is 19.6 Å². The molecule has 192 valence electrons. The minimum atomic E-state index is -0.180. The summed E-state index contributed by atoms with van der Waals surface area (Å²) < 4.78 is 5.92. The summed E-state index contributed by atoms with van der Waals surface area (Å²) in [7, 11) is 5.88. The van der Waals surface area contributed by atoms with Crippen LogP contribution < -0.4 is 4.74 Å². The summed E-state index contributed by atoms with van der Waals surface area (Å²) in [5, 5.41) is 10.7. The van der Waals surface area contributed by atoms with Gasteiger partial charge >= 0.3 is 0 Å². The smallest absolute Gasteiger partial charge is 0.258 e. The van der Waals surface area contributed by atoms with Crippen molar-refractivity contribution in [1.29, 1.82) is 0 Å². The lowest BCUT2D eigenvalue weighted by atomic mass is 9.88. The Bertz CT molecular complexity index is 1160. The topological polar surface area (TPSA) is 65.4 Å². The molecule has 2 aromatic rings. The van der Waals surface area contributed by atoms with E-state index in [0.29, 0.717) is 31.2 Å². The van der Waals surface area contributed by atoms with Crippen molar-refractivity contribution < 1.29 is 14.6 Å². The normalized spacial score (nSPS) is 16.0. The van der Waals surface area contributed by atoms with E-state index in [1.807, 2.05) is 25.1 Å². The van der Waals surface area contributed by atoms with Crippen LogP contribution in [0.25, 0.3) is 0 Å². The third-order valence-electron chi connectivity index (χ3n) is 7.41. The zero-order valence-corrected chi connectivity index (χ0v) is 22.1. The third kappa shape index (κ3) is 5.65. The molecule has 2 aliphatic rings. The van der Waals surface area contributed by atoms with Gasteiger partial charge in [-0.1, -0.05) is 25.5 Å². The number of aryl methyl sites for hydroxylation is 1. The van der Waals surface area contributed by atoms with Crippen LogP contribution in [0.3, 0.4) is 0 Å². The Balaban J connectivity index is 1.50. The van der Waals surface area contributed by atoms with Gasteiger partial charge in [0.2, 0.25) is 0 Å². The maximum absolute atomic E-state index is 13.6. The fourth-order valence-corrected chi connectivity index (χ4v) is 5.37. The van der Waals surface area contributed by atoms with Crippen LogP contribution >= 0.6 is 0 Å². The number of nitrogens with zero attached hydrogens (tertiary/aromatic N) is 3. The number of hydrogen-bond donors (Lipinski definition) is 1. The second-order valence-corrected chi connectivity index (χ2v) is 10.4. The number of benzene rings is 2. The highest BCUT2D eigenvalue weighted by atomic mass is 16.5. The predicted octanol–water partition coefficient (Wildman–Crippen LogP) is 5.35. The first-order valence-corrected chi connectivity index (χ1v) is 13.0. The number of phenolic OH excluding ortho intramolecular Hbond substituents is 1. The van der Waals surface area contributed by atoms with Crippen LogP contribution in [0, 0.1) is 12.8 Å². The molecule has 0 aromatic heterocycles. The molecule has 0 saturated heterocycles. The van der Waals surface area contributed by atoms with E-state index in [9.17, 15) is 9.90 Å². The summed E-state index contributed by atoms with van der Waals surface area (Å²) in [5.41, 5.74) is 6.16. The number of fused-ring (bicyclic) bond motifs is 1. The maximum Gasteiger partial charge on any atom is 0.258 e. The quantitative estimate of drug-likeness (QED) is 0.381. The Labute approximate surface area is 215 Å². The van der Waals surface area contributed by atoms with Crippen molar-refractivity contribution in [3.05, 3.63) is 70.3 Å². The van der Waals surface area contributed by atoms with Crippen LogP contribution in [-0.2, 0) is 13.1 Å². The Morgan fingerprint density at radius 3 is 2.56 bits per heavy atom. The molecule has 0 unspecified atom stereocenters. The predicted molar refractivity (Wildman–Crippen MR) is 145 cm³/mol. The molecular weight excluding hydrogens is 450 g/mol. The molecule has 1 saturated carbocycles. The van der Waals surface area contributed by atoms with Crippen molar-refractivity contribution in [1.82, 2.24) is 9.80 Å². The van der Waals surface area contributed by atoms with Crippen molar-refractivity contribution in [2.24, 2.45) is 10.9 Å². The van der Waals surface area contributed by atoms with Gasteiger partial charge in [0.05, 0.1) is 17.9 Å². The fourth-order valence-electron chi connectivity index (χ4n) is 5.37. The van der Waals surface area contributed by atoms with Crippen molar-refractivity contribution in [2.75, 3.05) is 34.3 Å². The average Bonchev–Trinajstić information content (AvgIpc) is 3.53. The van der Waals surface area contributed by atoms with Crippen molar-refractivity contribution in [3.63, 3.8) is 0 Å². The van der Waals surface area contributed by atoms with Crippen LogP contribution in [0.4, 0.5) is 0 Å². The molecule has 4 rings (SSSR count). The van der Waals surface area contributed by atoms with Crippen molar-refractivity contribution >= 4 is 11.6 Å². The second-order valence-electron chi connectivity index (χ2n) is 10.4. The van der Waals surface area contributed by atoms with Gasteiger partial charge in [0.15, 0.2) is 0 Å². The molecular formula is C30H39N3O3. The SMILES string of the molecule is C=C(C(=NC)c1cc(C(=O)N2Cc3ccc(OCCCN(C)C)cc3C2)c(O)cc1C)C1CCCC1. The number of hydrogen-bond acceptors (Lipinski definition) is 5. The largest absolute Gasteiger partial charge is 0.507 e. The van der Waals surface area contributed by atoms with E-state index in [2.05, 4.69) is 30.6 Å². The van der Waals surface area contributed by atoms with E-state index in [0.717, 1.165) is 65.1 Å². The summed E-state index contributed by atoms with van der Waals surface area (Å²) in [4.78, 5) is 22.1. The summed E-state index contributed by atoms with van der Waals surface area (Å²) in [6.07, 6.45) is 5.66. The first-order valence-electron chi connectivity index (χ1n) is 13.0. The van der Waals surface area contributed by atoms with E-state index in [1.165, 1.54) is 12.8 Å². The first kappa shape index (κ1) is 26.0. The first-order chi connectivity index (χ1) is 17.3. The molecule has 36 heavy (non-hydrogen) atoms. The Kier molecular flexibility index (Phi) is 8.14. The zero-order valence-electron chi connectivity index (χ0n) is 22.1. The van der Waals surface area contributed by atoms with Crippen LogP contribution in [0.15, 0.2) is 47.5 Å². The minimum absolute atomic E-state index is 0.00375. The number of rotatable bonds is 9. The maximum atomic E-state index is 13.6. The molecule has 0 spiro atoms. The Morgan fingerprint density at radius 2 is 1.86 bits per heavy atom. The Hall–Kier alpha value is -3.12. The van der Waals surface area contributed by atoms with Crippen LogP contribution in [0.5, 0.6) is 11.5 Å². The van der Waals surface area contributed by atoms with Crippen molar-refractivity contribution in [3.8, 4) is 11.5 Å². The van der Waals surface area contributed by atoms with Crippen LogP contribution in [0.2, 0.25) is 0 Å². The molecule has 6 nitrogen and oxygen atoms in total. The molecule has 1 heterocycles. The number of ether oxygens (including phenoxy) is 1.